The summed E-state index contributed by atoms with van der Waals surface area (Å²) in [6.07, 6.45) is 4.97. The van der Waals surface area contributed by atoms with Gasteiger partial charge in [0, 0.05) is 24.0 Å². The number of rotatable bonds is 3. The lowest BCUT2D eigenvalue weighted by molar-refractivity contribution is -0.122. The molecule has 6 nitrogen and oxygen atoms in total. The fraction of sp³-hybridized carbons (Fsp3) is 0.533. The molecule has 0 fully saturated rings. The first kappa shape index (κ1) is 13.9. The number of fused-ring (bicyclic) bond motifs is 1. The molecule has 6 heteroatoms. The number of nitrogens with zero attached hydrogens (tertiary/aromatic N) is 4. The molecule has 0 bridgehead atoms. The van der Waals surface area contributed by atoms with Crippen molar-refractivity contribution >= 4 is 5.91 Å². The summed E-state index contributed by atoms with van der Waals surface area (Å²) in [5.41, 5.74) is 4.34. The van der Waals surface area contributed by atoms with Crippen molar-refractivity contribution in [1.29, 1.82) is 0 Å². The van der Waals surface area contributed by atoms with Gasteiger partial charge in [-0.2, -0.15) is 10.2 Å². The van der Waals surface area contributed by atoms with Crippen LogP contribution in [0.5, 0.6) is 0 Å². The molecule has 0 radical (unpaired) electrons. The Morgan fingerprint density at radius 1 is 1.48 bits per heavy atom. The highest BCUT2D eigenvalue weighted by molar-refractivity contribution is 5.76. The van der Waals surface area contributed by atoms with Crippen molar-refractivity contribution in [3.05, 3.63) is 34.9 Å². The summed E-state index contributed by atoms with van der Waals surface area (Å²) in [7, 11) is 1.96. The lowest BCUT2D eigenvalue weighted by Crippen LogP contribution is -2.33. The van der Waals surface area contributed by atoms with Crippen molar-refractivity contribution in [2.24, 2.45) is 7.05 Å². The van der Waals surface area contributed by atoms with E-state index in [2.05, 4.69) is 15.5 Å². The summed E-state index contributed by atoms with van der Waals surface area (Å²) >= 11 is 0. The van der Waals surface area contributed by atoms with Crippen LogP contribution in [0, 0.1) is 13.8 Å². The molecule has 0 aliphatic heterocycles. The molecule has 1 atom stereocenters. The Labute approximate surface area is 124 Å². The van der Waals surface area contributed by atoms with Crippen molar-refractivity contribution in [1.82, 2.24) is 24.9 Å². The van der Waals surface area contributed by atoms with Gasteiger partial charge >= 0.3 is 0 Å². The lowest BCUT2D eigenvalue weighted by atomic mass is 9.93. The minimum atomic E-state index is 0.00269. The smallest absolute Gasteiger partial charge is 0.242 e. The maximum absolute atomic E-state index is 12.3. The molecule has 2 aromatic heterocycles. The van der Waals surface area contributed by atoms with Crippen LogP contribution in [-0.4, -0.2) is 25.5 Å². The third-order valence-corrected chi connectivity index (χ3v) is 4.11. The first-order valence-electron chi connectivity index (χ1n) is 7.36. The number of hydrogen-bond donors (Lipinski definition) is 1. The molecule has 0 saturated carbocycles. The van der Waals surface area contributed by atoms with Crippen LogP contribution in [0.4, 0.5) is 0 Å². The SMILES string of the molecule is Cc1cc(C)n(CC(=O)N[C@H]2CCCc3c2cnn3C)n1. The minimum Gasteiger partial charge on any atom is -0.348 e. The van der Waals surface area contributed by atoms with E-state index in [1.807, 2.05) is 37.8 Å². The standard InChI is InChI=1S/C15H21N5O/c1-10-7-11(2)20(18-10)9-15(21)17-13-5-4-6-14-12(13)8-16-19(14)3/h7-8,13H,4-6,9H2,1-3H3,(H,17,21)/t13-/m0/s1. The molecule has 2 aromatic rings. The fourth-order valence-electron chi connectivity index (χ4n) is 3.07. The van der Waals surface area contributed by atoms with Crippen molar-refractivity contribution in [3.8, 4) is 0 Å². The van der Waals surface area contributed by atoms with Gasteiger partial charge in [-0.25, -0.2) is 0 Å². The summed E-state index contributed by atoms with van der Waals surface area (Å²) in [4.78, 5) is 12.3. The largest absolute Gasteiger partial charge is 0.348 e. The van der Waals surface area contributed by atoms with Crippen LogP contribution in [0.1, 0.15) is 41.5 Å². The maximum Gasteiger partial charge on any atom is 0.242 e. The Morgan fingerprint density at radius 2 is 2.29 bits per heavy atom. The van der Waals surface area contributed by atoms with Gasteiger partial charge in [0.25, 0.3) is 0 Å². The van der Waals surface area contributed by atoms with Gasteiger partial charge in [-0.3, -0.25) is 14.2 Å². The molecule has 112 valence electrons. The summed E-state index contributed by atoms with van der Waals surface area (Å²) < 4.78 is 3.66. The Bertz CT molecular complexity index is 670. The molecule has 0 aromatic carbocycles. The molecule has 1 N–H and O–H groups in total. The zero-order valence-electron chi connectivity index (χ0n) is 12.8. The van der Waals surface area contributed by atoms with Crippen LogP contribution in [0.15, 0.2) is 12.3 Å². The lowest BCUT2D eigenvalue weighted by Gasteiger charge is -2.23. The summed E-state index contributed by atoms with van der Waals surface area (Å²) in [5, 5.41) is 11.8. The quantitative estimate of drug-likeness (QED) is 0.928. The number of aromatic nitrogens is 4. The Morgan fingerprint density at radius 3 is 3.00 bits per heavy atom. The van der Waals surface area contributed by atoms with E-state index in [-0.39, 0.29) is 18.5 Å². The minimum absolute atomic E-state index is 0.00269. The highest BCUT2D eigenvalue weighted by Gasteiger charge is 2.24. The Hall–Kier alpha value is -2.11. The van der Waals surface area contributed by atoms with Crippen LogP contribution in [-0.2, 0) is 24.8 Å². The number of amides is 1. The van der Waals surface area contributed by atoms with Crippen molar-refractivity contribution in [3.63, 3.8) is 0 Å². The number of aryl methyl sites for hydroxylation is 3. The molecule has 1 aliphatic carbocycles. The predicted octanol–water partition coefficient (Wildman–Crippen LogP) is 1.43. The summed E-state index contributed by atoms with van der Waals surface area (Å²) in [5.74, 6) is 0.00269. The third-order valence-electron chi connectivity index (χ3n) is 4.11. The molecule has 0 spiro atoms. The Kier molecular flexibility index (Phi) is 3.53. The average Bonchev–Trinajstić information content (AvgIpc) is 2.94. The third kappa shape index (κ3) is 2.70. The van der Waals surface area contributed by atoms with Crippen LogP contribution in [0.25, 0.3) is 0 Å². The molecule has 0 unspecified atom stereocenters. The molecule has 1 amide bonds. The van der Waals surface area contributed by atoms with Crippen molar-refractivity contribution in [2.45, 2.75) is 45.7 Å². The van der Waals surface area contributed by atoms with Crippen LogP contribution in [0.2, 0.25) is 0 Å². The van der Waals surface area contributed by atoms with E-state index in [1.54, 1.807) is 4.68 Å². The van der Waals surface area contributed by atoms with E-state index >= 15 is 0 Å². The number of nitrogens with one attached hydrogen (secondary N) is 1. The Balaban J connectivity index is 1.70. The molecular weight excluding hydrogens is 266 g/mol. The normalized spacial score (nSPS) is 17.6. The van der Waals surface area contributed by atoms with Gasteiger partial charge in [0.15, 0.2) is 0 Å². The predicted molar refractivity (Wildman–Crippen MR) is 78.7 cm³/mol. The fourth-order valence-corrected chi connectivity index (χ4v) is 3.07. The molecule has 0 saturated heterocycles. The number of hydrogen-bond acceptors (Lipinski definition) is 3. The van der Waals surface area contributed by atoms with Gasteiger partial charge in [0.1, 0.15) is 6.54 Å². The summed E-state index contributed by atoms with van der Waals surface area (Å²) in [6.45, 7) is 4.17. The van der Waals surface area contributed by atoms with Crippen LogP contribution < -0.4 is 5.32 Å². The van der Waals surface area contributed by atoms with Gasteiger partial charge in [-0.1, -0.05) is 0 Å². The molecular formula is C15H21N5O. The van der Waals surface area contributed by atoms with E-state index in [4.69, 9.17) is 0 Å². The number of carbonyl (C=O) groups excluding carboxylic acids is 1. The van der Waals surface area contributed by atoms with Gasteiger partial charge in [0.2, 0.25) is 5.91 Å². The molecule has 1 aliphatic rings. The molecule has 3 rings (SSSR count). The number of carbonyl (C=O) groups is 1. The zero-order valence-corrected chi connectivity index (χ0v) is 12.8. The van der Waals surface area contributed by atoms with E-state index in [1.165, 1.54) is 5.69 Å². The van der Waals surface area contributed by atoms with E-state index in [0.29, 0.717) is 0 Å². The first-order chi connectivity index (χ1) is 10.0. The van der Waals surface area contributed by atoms with Crippen molar-refractivity contribution in [2.75, 3.05) is 0 Å². The van der Waals surface area contributed by atoms with Crippen LogP contribution >= 0.6 is 0 Å². The second kappa shape index (κ2) is 5.35. The van der Waals surface area contributed by atoms with Gasteiger partial charge in [-0.15, -0.1) is 0 Å². The van der Waals surface area contributed by atoms with Gasteiger partial charge in [-0.05, 0) is 39.2 Å². The van der Waals surface area contributed by atoms with Gasteiger partial charge < -0.3 is 5.32 Å². The highest BCUT2D eigenvalue weighted by atomic mass is 16.2. The van der Waals surface area contributed by atoms with E-state index in [9.17, 15) is 4.79 Å². The van der Waals surface area contributed by atoms with Crippen LogP contribution in [0.3, 0.4) is 0 Å². The highest BCUT2D eigenvalue weighted by Crippen LogP contribution is 2.29. The van der Waals surface area contributed by atoms with Crippen molar-refractivity contribution < 1.29 is 4.79 Å². The summed E-state index contributed by atoms with van der Waals surface area (Å²) in [6, 6.07) is 2.06. The van der Waals surface area contributed by atoms with E-state index in [0.717, 1.165) is 36.2 Å². The van der Waals surface area contributed by atoms with Gasteiger partial charge in [0.05, 0.1) is 17.9 Å². The second-order valence-electron chi connectivity index (χ2n) is 5.77. The molecule has 21 heavy (non-hydrogen) atoms. The average molecular weight is 287 g/mol. The molecule has 2 heterocycles. The zero-order chi connectivity index (χ0) is 15.0. The second-order valence-corrected chi connectivity index (χ2v) is 5.77. The first-order valence-corrected chi connectivity index (χ1v) is 7.36. The topological polar surface area (TPSA) is 64.7 Å². The maximum atomic E-state index is 12.3. The van der Waals surface area contributed by atoms with E-state index < -0.39 is 0 Å². The monoisotopic (exact) mass is 287 g/mol.